The van der Waals surface area contributed by atoms with Gasteiger partial charge in [-0.15, -0.1) is 0 Å². The maximum Gasteiger partial charge on any atom is 0.254 e. The van der Waals surface area contributed by atoms with Crippen molar-refractivity contribution < 1.29 is 9.59 Å². The van der Waals surface area contributed by atoms with Gasteiger partial charge < -0.3 is 4.90 Å². The van der Waals surface area contributed by atoms with Crippen LogP contribution in [0.4, 0.5) is 5.82 Å². The molecular weight excluding hydrogens is 310 g/mol. The highest BCUT2D eigenvalue weighted by atomic mass is 32.1. The van der Waals surface area contributed by atoms with Crippen LogP contribution in [-0.2, 0) is 4.79 Å². The highest BCUT2D eigenvalue weighted by Crippen LogP contribution is 2.41. The summed E-state index contributed by atoms with van der Waals surface area (Å²) in [5.74, 6) is 0.886. The van der Waals surface area contributed by atoms with Crippen molar-refractivity contribution >= 4 is 29.0 Å². The molecule has 0 aromatic carbocycles. The third kappa shape index (κ3) is 2.53. The van der Waals surface area contributed by atoms with Crippen molar-refractivity contribution in [3.8, 4) is 0 Å². The van der Waals surface area contributed by atoms with Crippen LogP contribution in [0.3, 0.4) is 0 Å². The summed E-state index contributed by atoms with van der Waals surface area (Å²) in [6, 6.07) is 7.45. The van der Waals surface area contributed by atoms with Crippen LogP contribution in [0.25, 0.3) is 0 Å². The monoisotopic (exact) mass is 327 g/mol. The zero-order chi connectivity index (χ0) is 15.9. The lowest BCUT2D eigenvalue weighted by atomic mass is 9.86. The number of carbonyl (C=O) groups excluding carboxylic acids is 2. The first-order valence-electron chi connectivity index (χ1n) is 7.70. The van der Waals surface area contributed by atoms with Crippen molar-refractivity contribution in [1.82, 2.24) is 9.88 Å². The minimum absolute atomic E-state index is 0.0758. The molecule has 2 amide bonds. The average Bonchev–Trinajstić information content (AvgIpc) is 3.29. The first-order chi connectivity index (χ1) is 11.2. The van der Waals surface area contributed by atoms with Gasteiger partial charge in [-0.3, -0.25) is 14.5 Å². The molecule has 1 spiro atoms. The lowest BCUT2D eigenvalue weighted by Gasteiger charge is -2.23. The number of rotatable bonds is 2. The van der Waals surface area contributed by atoms with Gasteiger partial charge in [0, 0.05) is 43.0 Å². The van der Waals surface area contributed by atoms with Gasteiger partial charge in [0.05, 0.1) is 5.56 Å². The molecule has 2 saturated heterocycles. The molecule has 1 atom stereocenters. The summed E-state index contributed by atoms with van der Waals surface area (Å²) in [5.41, 5.74) is 0.623. The number of pyridine rings is 1. The molecule has 5 nitrogen and oxygen atoms in total. The number of amides is 2. The molecule has 0 aliphatic carbocycles. The summed E-state index contributed by atoms with van der Waals surface area (Å²) < 4.78 is 0. The van der Waals surface area contributed by atoms with Crippen LogP contribution in [0.5, 0.6) is 0 Å². The number of hydrogen-bond acceptors (Lipinski definition) is 4. The number of likely N-dealkylation sites (tertiary alicyclic amines) is 1. The molecule has 4 rings (SSSR count). The van der Waals surface area contributed by atoms with E-state index in [1.54, 1.807) is 11.1 Å². The predicted molar refractivity (Wildman–Crippen MR) is 88.5 cm³/mol. The largest absolute Gasteiger partial charge is 0.338 e. The summed E-state index contributed by atoms with van der Waals surface area (Å²) in [7, 11) is 0. The summed E-state index contributed by atoms with van der Waals surface area (Å²) in [6.07, 6.45) is 3.07. The van der Waals surface area contributed by atoms with Crippen LogP contribution < -0.4 is 4.90 Å². The smallest absolute Gasteiger partial charge is 0.254 e. The Balaban J connectivity index is 1.51. The summed E-state index contributed by atoms with van der Waals surface area (Å²) >= 11 is 1.53. The maximum atomic E-state index is 12.5. The second kappa shape index (κ2) is 5.45. The van der Waals surface area contributed by atoms with Gasteiger partial charge in [0.2, 0.25) is 5.91 Å². The van der Waals surface area contributed by atoms with E-state index in [0.717, 1.165) is 18.5 Å². The second-order valence-electron chi connectivity index (χ2n) is 6.33. The molecule has 6 heteroatoms. The Morgan fingerprint density at radius 3 is 2.91 bits per heavy atom. The Morgan fingerprint density at radius 2 is 2.17 bits per heavy atom. The first-order valence-corrected chi connectivity index (χ1v) is 8.64. The minimum atomic E-state index is -0.125. The van der Waals surface area contributed by atoms with Crippen molar-refractivity contribution in [2.45, 2.75) is 12.8 Å². The predicted octanol–water partition coefficient (Wildman–Crippen LogP) is 2.41. The van der Waals surface area contributed by atoms with Crippen molar-refractivity contribution in [1.29, 1.82) is 0 Å². The molecule has 0 saturated carbocycles. The lowest BCUT2D eigenvalue weighted by Crippen LogP contribution is -2.34. The molecule has 23 heavy (non-hydrogen) atoms. The van der Waals surface area contributed by atoms with E-state index >= 15 is 0 Å². The standard InChI is InChI=1S/C17H17N3O2S/c21-15-9-17(12-20(15)14-3-1-2-6-18-14)5-7-19(11-17)16(22)13-4-8-23-10-13/h1-4,6,8,10H,5,7,9,11-12H2. The van der Waals surface area contributed by atoms with Gasteiger partial charge in [0.1, 0.15) is 5.82 Å². The van der Waals surface area contributed by atoms with Crippen LogP contribution in [0.2, 0.25) is 0 Å². The molecule has 2 aromatic rings. The number of carbonyl (C=O) groups is 2. The summed E-state index contributed by atoms with van der Waals surface area (Å²) in [4.78, 5) is 32.9. The number of aromatic nitrogens is 1. The van der Waals surface area contributed by atoms with Gasteiger partial charge in [-0.1, -0.05) is 6.07 Å². The molecule has 1 unspecified atom stereocenters. The van der Waals surface area contributed by atoms with E-state index in [9.17, 15) is 9.59 Å². The fourth-order valence-corrected chi connectivity index (χ4v) is 4.20. The van der Waals surface area contributed by atoms with E-state index in [2.05, 4.69) is 4.98 Å². The SMILES string of the molecule is O=C(c1ccsc1)N1CCC2(CC(=O)N(c3ccccn3)C2)C1. The molecule has 0 bridgehead atoms. The molecule has 0 radical (unpaired) electrons. The molecule has 2 fully saturated rings. The highest BCUT2D eigenvalue weighted by Gasteiger charge is 2.49. The minimum Gasteiger partial charge on any atom is -0.338 e. The van der Waals surface area contributed by atoms with Crippen molar-refractivity contribution in [3.05, 3.63) is 46.8 Å². The maximum absolute atomic E-state index is 12.5. The quantitative estimate of drug-likeness (QED) is 0.851. The number of nitrogens with zero attached hydrogens (tertiary/aromatic N) is 3. The first kappa shape index (κ1) is 14.4. The zero-order valence-corrected chi connectivity index (χ0v) is 13.5. The Kier molecular flexibility index (Phi) is 3.41. The zero-order valence-electron chi connectivity index (χ0n) is 12.6. The summed E-state index contributed by atoms with van der Waals surface area (Å²) in [5, 5.41) is 3.80. The van der Waals surface area contributed by atoms with E-state index in [0.29, 0.717) is 25.3 Å². The van der Waals surface area contributed by atoms with Crippen LogP contribution >= 0.6 is 11.3 Å². The average molecular weight is 327 g/mol. The van der Waals surface area contributed by atoms with Gasteiger partial charge >= 0.3 is 0 Å². The fraction of sp³-hybridized carbons (Fsp3) is 0.353. The van der Waals surface area contributed by atoms with Crippen LogP contribution in [0.15, 0.2) is 41.2 Å². The van der Waals surface area contributed by atoms with Crippen LogP contribution in [-0.4, -0.2) is 41.3 Å². The lowest BCUT2D eigenvalue weighted by molar-refractivity contribution is -0.117. The fourth-order valence-electron chi connectivity index (χ4n) is 3.57. The number of hydrogen-bond donors (Lipinski definition) is 0. The highest BCUT2D eigenvalue weighted by molar-refractivity contribution is 7.08. The topological polar surface area (TPSA) is 53.5 Å². The van der Waals surface area contributed by atoms with Crippen LogP contribution in [0.1, 0.15) is 23.2 Å². The normalized spacial score (nSPS) is 23.9. The van der Waals surface area contributed by atoms with E-state index in [1.807, 2.05) is 39.9 Å². The molecule has 2 aromatic heterocycles. The van der Waals surface area contributed by atoms with E-state index < -0.39 is 0 Å². The molecule has 2 aliphatic heterocycles. The van der Waals surface area contributed by atoms with Gasteiger partial charge in [0.15, 0.2) is 0 Å². The summed E-state index contributed by atoms with van der Waals surface area (Å²) in [6.45, 7) is 2.02. The van der Waals surface area contributed by atoms with Crippen LogP contribution in [0, 0.1) is 5.41 Å². The van der Waals surface area contributed by atoms with Crippen molar-refractivity contribution in [2.24, 2.45) is 5.41 Å². The number of anilines is 1. The van der Waals surface area contributed by atoms with Crippen molar-refractivity contribution in [2.75, 3.05) is 24.5 Å². The molecule has 0 N–H and O–H groups in total. The Labute approximate surface area is 138 Å². The molecule has 4 heterocycles. The van der Waals surface area contributed by atoms with E-state index in [-0.39, 0.29) is 17.2 Å². The third-order valence-electron chi connectivity index (χ3n) is 4.74. The molecular formula is C17H17N3O2S. The van der Waals surface area contributed by atoms with Gasteiger partial charge in [-0.2, -0.15) is 11.3 Å². The Morgan fingerprint density at radius 1 is 1.26 bits per heavy atom. The molecule has 118 valence electrons. The second-order valence-corrected chi connectivity index (χ2v) is 7.11. The van der Waals surface area contributed by atoms with E-state index in [1.165, 1.54) is 11.3 Å². The third-order valence-corrected chi connectivity index (χ3v) is 5.42. The number of thiophene rings is 1. The van der Waals surface area contributed by atoms with Crippen molar-refractivity contribution in [3.63, 3.8) is 0 Å². The van der Waals surface area contributed by atoms with E-state index in [4.69, 9.17) is 0 Å². The van der Waals surface area contributed by atoms with Gasteiger partial charge in [-0.25, -0.2) is 4.98 Å². The van der Waals surface area contributed by atoms with Gasteiger partial charge in [0.25, 0.3) is 5.91 Å². The Hall–Kier alpha value is -2.21. The molecule has 2 aliphatic rings. The van der Waals surface area contributed by atoms with Gasteiger partial charge in [-0.05, 0) is 30.0 Å². The Bertz CT molecular complexity index is 732.